The van der Waals surface area contributed by atoms with E-state index in [0.29, 0.717) is 11.8 Å². The average Bonchev–Trinajstić information content (AvgIpc) is 2.83. The SMILES string of the molecule is CC(C)C1=NC(=C2CC3[B]C(CCC3)C2)N=C1C(C)C. The number of fused-ring (bicyclic) bond motifs is 2. The van der Waals surface area contributed by atoms with E-state index in [9.17, 15) is 0 Å². The lowest BCUT2D eigenvalue weighted by Crippen LogP contribution is -2.23. The molecular weight excluding hydrogens is 243 g/mol. The predicted molar refractivity (Wildman–Crippen MR) is 87.9 cm³/mol. The summed E-state index contributed by atoms with van der Waals surface area (Å²) >= 11 is 0. The second-order valence-corrected chi connectivity index (χ2v) is 7.28. The molecule has 2 nitrogen and oxygen atoms in total. The molecule has 2 fully saturated rings. The molecule has 3 aliphatic rings. The van der Waals surface area contributed by atoms with Crippen molar-refractivity contribution >= 4 is 18.7 Å². The largest absolute Gasteiger partial charge is 0.232 e. The Morgan fingerprint density at radius 3 is 1.85 bits per heavy atom. The minimum atomic E-state index is 0.476. The van der Waals surface area contributed by atoms with E-state index in [0.717, 1.165) is 17.5 Å². The zero-order valence-corrected chi connectivity index (χ0v) is 13.3. The lowest BCUT2D eigenvalue weighted by Gasteiger charge is -2.35. The third-order valence-corrected chi connectivity index (χ3v) is 4.84. The van der Waals surface area contributed by atoms with Gasteiger partial charge in [0.05, 0.1) is 11.4 Å². The summed E-state index contributed by atoms with van der Waals surface area (Å²) in [5.74, 6) is 3.61. The second-order valence-electron chi connectivity index (χ2n) is 7.28. The van der Waals surface area contributed by atoms with Gasteiger partial charge < -0.3 is 0 Å². The molecule has 0 aliphatic carbocycles. The maximum atomic E-state index is 4.92. The van der Waals surface area contributed by atoms with E-state index in [1.165, 1.54) is 49.1 Å². The number of hydrogen-bond acceptors (Lipinski definition) is 2. The topological polar surface area (TPSA) is 24.7 Å². The summed E-state index contributed by atoms with van der Waals surface area (Å²) in [7, 11) is 2.60. The summed E-state index contributed by atoms with van der Waals surface area (Å²) in [5, 5.41) is 0. The number of rotatable bonds is 2. The highest BCUT2D eigenvalue weighted by Gasteiger charge is 2.32. The summed E-state index contributed by atoms with van der Waals surface area (Å²) in [6, 6.07) is 0. The van der Waals surface area contributed by atoms with Crippen LogP contribution in [-0.4, -0.2) is 18.7 Å². The Morgan fingerprint density at radius 1 is 0.900 bits per heavy atom. The maximum absolute atomic E-state index is 4.92. The molecule has 0 spiro atoms. The fourth-order valence-electron chi connectivity index (χ4n) is 3.83. The molecule has 0 saturated carbocycles. The molecule has 0 aromatic heterocycles. The molecule has 3 heteroatoms. The number of nitrogens with zero attached hydrogens (tertiary/aromatic N) is 2. The highest BCUT2D eigenvalue weighted by molar-refractivity contribution is 6.45. The van der Waals surface area contributed by atoms with Crippen LogP contribution in [0.3, 0.4) is 0 Å². The van der Waals surface area contributed by atoms with Crippen molar-refractivity contribution in [2.75, 3.05) is 0 Å². The van der Waals surface area contributed by atoms with Crippen molar-refractivity contribution in [2.45, 2.75) is 71.4 Å². The highest BCUT2D eigenvalue weighted by atomic mass is 15.0. The van der Waals surface area contributed by atoms with Crippen molar-refractivity contribution in [3.05, 3.63) is 11.4 Å². The summed E-state index contributed by atoms with van der Waals surface area (Å²) in [6.07, 6.45) is 6.56. The van der Waals surface area contributed by atoms with Gasteiger partial charge in [0.2, 0.25) is 0 Å². The van der Waals surface area contributed by atoms with Crippen molar-refractivity contribution in [1.82, 2.24) is 0 Å². The number of aliphatic imine (C=N–C) groups is 2. The Bertz CT molecular complexity index is 445. The Balaban J connectivity index is 1.92. The zero-order chi connectivity index (χ0) is 14.3. The first kappa shape index (κ1) is 14.1. The summed E-state index contributed by atoms with van der Waals surface area (Å²) < 4.78 is 0. The van der Waals surface area contributed by atoms with Crippen LogP contribution in [0, 0.1) is 11.8 Å². The van der Waals surface area contributed by atoms with Gasteiger partial charge in [-0.15, -0.1) is 0 Å². The van der Waals surface area contributed by atoms with Crippen LogP contribution < -0.4 is 0 Å². The zero-order valence-electron chi connectivity index (χ0n) is 13.3. The van der Waals surface area contributed by atoms with Gasteiger partial charge in [-0.25, -0.2) is 9.98 Å². The van der Waals surface area contributed by atoms with Crippen molar-refractivity contribution < 1.29 is 0 Å². The fraction of sp³-hybridized carbons (Fsp3) is 0.765. The summed E-state index contributed by atoms with van der Waals surface area (Å²) in [5.41, 5.74) is 3.97. The Hall–Kier alpha value is -0.855. The van der Waals surface area contributed by atoms with E-state index < -0.39 is 0 Å². The van der Waals surface area contributed by atoms with Gasteiger partial charge in [0.1, 0.15) is 7.28 Å². The van der Waals surface area contributed by atoms with Crippen LogP contribution in [0.2, 0.25) is 11.6 Å². The van der Waals surface area contributed by atoms with Crippen LogP contribution >= 0.6 is 0 Å². The van der Waals surface area contributed by atoms with Gasteiger partial charge in [0, 0.05) is 0 Å². The standard InChI is InChI=1S/C17H26BN2/c1-10(2)15-16(11(3)4)20-17(19-15)12-8-13-6-5-7-14(9-12)18-13/h10-11,13-14H,5-9H2,1-4H3. The molecule has 2 atom stereocenters. The van der Waals surface area contributed by atoms with Gasteiger partial charge in [-0.3, -0.25) is 0 Å². The van der Waals surface area contributed by atoms with Gasteiger partial charge in [-0.05, 0) is 30.3 Å². The van der Waals surface area contributed by atoms with E-state index >= 15 is 0 Å². The normalized spacial score (nSPS) is 29.7. The maximum Gasteiger partial charge on any atom is 0.151 e. The molecule has 3 heterocycles. The van der Waals surface area contributed by atoms with Crippen LogP contribution in [0.5, 0.6) is 0 Å². The molecular formula is C17H26BN2. The molecule has 1 radical (unpaired) electrons. The van der Waals surface area contributed by atoms with Gasteiger partial charge in [0.25, 0.3) is 0 Å². The van der Waals surface area contributed by atoms with Crippen LogP contribution in [0.4, 0.5) is 0 Å². The van der Waals surface area contributed by atoms with Gasteiger partial charge >= 0.3 is 0 Å². The van der Waals surface area contributed by atoms with Crippen molar-refractivity contribution in [3.8, 4) is 0 Å². The summed E-state index contributed by atoms with van der Waals surface area (Å²) in [4.78, 5) is 9.84. The molecule has 3 aliphatic heterocycles. The molecule has 0 aromatic carbocycles. The van der Waals surface area contributed by atoms with E-state index in [1.54, 1.807) is 0 Å². The highest BCUT2D eigenvalue weighted by Crippen LogP contribution is 2.45. The smallest absolute Gasteiger partial charge is 0.151 e. The van der Waals surface area contributed by atoms with E-state index in [2.05, 4.69) is 35.0 Å². The molecule has 0 aromatic rings. The molecule has 2 bridgehead atoms. The Labute approximate surface area is 124 Å². The molecule has 2 saturated heterocycles. The lowest BCUT2D eigenvalue weighted by atomic mass is 9.43. The number of hydrogen-bond donors (Lipinski definition) is 0. The van der Waals surface area contributed by atoms with Crippen LogP contribution in [-0.2, 0) is 0 Å². The third kappa shape index (κ3) is 2.64. The summed E-state index contributed by atoms with van der Waals surface area (Å²) in [6.45, 7) is 8.92. The first-order chi connectivity index (χ1) is 9.54. The average molecular weight is 269 g/mol. The van der Waals surface area contributed by atoms with Gasteiger partial charge in [-0.1, -0.05) is 58.6 Å². The number of allylic oxidation sites excluding steroid dienone is 1. The van der Waals surface area contributed by atoms with E-state index in [1.807, 2.05) is 0 Å². The van der Waals surface area contributed by atoms with E-state index in [4.69, 9.17) is 9.98 Å². The van der Waals surface area contributed by atoms with Crippen LogP contribution in [0.25, 0.3) is 0 Å². The molecule has 3 rings (SSSR count). The molecule has 2 unspecified atom stereocenters. The minimum Gasteiger partial charge on any atom is -0.232 e. The van der Waals surface area contributed by atoms with Crippen molar-refractivity contribution in [2.24, 2.45) is 21.8 Å². The Morgan fingerprint density at radius 2 is 1.40 bits per heavy atom. The first-order valence-electron chi connectivity index (χ1n) is 8.29. The predicted octanol–water partition coefficient (Wildman–Crippen LogP) is 4.66. The van der Waals surface area contributed by atoms with Gasteiger partial charge in [-0.2, -0.15) is 0 Å². The molecule has 20 heavy (non-hydrogen) atoms. The molecule has 0 amide bonds. The fourth-order valence-corrected chi connectivity index (χ4v) is 3.83. The minimum absolute atomic E-state index is 0.476. The first-order valence-corrected chi connectivity index (χ1v) is 8.29. The monoisotopic (exact) mass is 269 g/mol. The third-order valence-electron chi connectivity index (χ3n) is 4.84. The molecule has 107 valence electrons. The van der Waals surface area contributed by atoms with Crippen molar-refractivity contribution in [3.63, 3.8) is 0 Å². The van der Waals surface area contributed by atoms with Crippen LogP contribution in [0.15, 0.2) is 21.4 Å². The quantitative estimate of drug-likeness (QED) is 0.651. The van der Waals surface area contributed by atoms with Gasteiger partial charge in [0.15, 0.2) is 5.82 Å². The van der Waals surface area contributed by atoms with Crippen LogP contribution in [0.1, 0.15) is 59.8 Å². The van der Waals surface area contributed by atoms with E-state index in [-0.39, 0.29) is 0 Å². The molecule has 0 N–H and O–H groups in total. The second kappa shape index (κ2) is 5.50. The lowest BCUT2D eigenvalue weighted by molar-refractivity contribution is 0.511. The van der Waals surface area contributed by atoms with Crippen molar-refractivity contribution in [1.29, 1.82) is 0 Å². The Kier molecular flexibility index (Phi) is 3.88.